The summed E-state index contributed by atoms with van der Waals surface area (Å²) in [6.45, 7) is 5.65. The molecule has 2 heteroatoms. The highest BCUT2D eigenvalue weighted by molar-refractivity contribution is 4.88. The van der Waals surface area contributed by atoms with Gasteiger partial charge in [0.2, 0.25) is 0 Å². The fourth-order valence-corrected chi connectivity index (χ4v) is 3.57. The maximum absolute atomic E-state index is 5.86. The Hall–Kier alpha value is -0.0800. The van der Waals surface area contributed by atoms with Crippen LogP contribution in [-0.2, 0) is 4.74 Å². The Bertz CT molecular complexity index is 205. The van der Waals surface area contributed by atoms with Gasteiger partial charge in [0.1, 0.15) is 0 Å². The highest BCUT2D eigenvalue weighted by Crippen LogP contribution is 2.41. The van der Waals surface area contributed by atoms with Crippen LogP contribution in [0.2, 0.25) is 0 Å². The quantitative estimate of drug-likeness (QED) is 0.716. The van der Waals surface area contributed by atoms with Gasteiger partial charge in [-0.1, -0.05) is 26.2 Å². The minimum Gasteiger partial charge on any atom is -0.378 e. The molecule has 1 aliphatic carbocycles. The van der Waals surface area contributed by atoms with Crippen molar-refractivity contribution in [1.82, 2.24) is 5.32 Å². The van der Waals surface area contributed by atoms with Crippen LogP contribution in [0.4, 0.5) is 0 Å². The van der Waals surface area contributed by atoms with E-state index < -0.39 is 0 Å². The molecule has 2 fully saturated rings. The fourth-order valence-electron chi connectivity index (χ4n) is 3.57. The van der Waals surface area contributed by atoms with Crippen molar-refractivity contribution in [2.75, 3.05) is 19.7 Å². The second kappa shape index (κ2) is 6.75. The van der Waals surface area contributed by atoms with E-state index in [1.807, 2.05) is 0 Å². The monoisotopic (exact) mass is 239 g/mol. The molecule has 1 N–H and O–H groups in total. The van der Waals surface area contributed by atoms with Gasteiger partial charge in [0.15, 0.2) is 0 Å². The largest absolute Gasteiger partial charge is 0.378 e. The second-order valence-electron chi connectivity index (χ2n) is 6.08. The molecule has 0 aromatic carbocycles. The maximum Gasteiger partial charge on any atom is 0.0581 e. The van der Waals surface area contributed by atoms with Gasteiger partial charge in [-0.05, 0) is 50.5 Å². The summed E-state index contributed by atoms with van der Waals surface area (Å²) in [5, 5.41) is 3.66. The molecule has 2 rings (SSSR count). The summed E-state index contributed by atoms with van der Waals surface area (Å²) in [5.74, 6) is 0. The lowest BCUT2D eigenvalue weighted by atomic mass is 9.70. The lowest BCUT2D eigenvalue weighted by Gasteiger charge is -2.39. The average molecular weight is 239 g/mol. The smallest absolute Gasteiger partial charge is 0.0581 e. The summed E-state index contributed by atoms with van der Waals surface area (Å²) < 4.78 is 5.86. The molecule has 0 radical (unpaired) electrons. The molecule has 0 aromatic rings. The Morgan fingerprint density at radius 3 is 2.65 bits per heavy atom. The predicted molar refractivity (Wildman–Crippen MR) is 72.3 cm³/mol. The van der Waals surface area contributed by atoms with Gasteiger partial charge < -0.3 is 10.1 Å². The van der Waals surface area contributed by atoms with E-state index in [1.165, 1.54) is 70.9 Å². The van der Waals surface area contributed by atoms with Crippen LogP contribution < -0.4 is 5.32 Å². The van der Waals surface area contributed by atoms with Gasteiger partial charge in [-0.3, -0.25) is 0 Å². The van der Waals surface area contributed by atoms with Crippen LogP contribution in [-0.4, -0.2) is 25.8 Å². The van der Waals surface area contributed by atoms with Crippen molar-refractivity contribution in [3.05, 3.63) is 0 Å². The Labute approximate surface area is 107 Å². The summed E-state index contributed by atoms with van der Waals surface area (Å²) in [4.78, 5) is 0. The van der Waals surface area contributed by atoms with Gasteiger partial charge in [-0.15, -0.1) is 0 Å². The molecule has 100 valence electrons. The zero-order valence-electron chi connectivity index (χ0n) is 11.5. The molecule has 2 aliphatic rings. The van der Waals surface area contributed by atoms with Crippen molar-refractivity contribution >= 4 is 0 Å². The van der Waals surface area contributed by atoms with Gasteiger partial charge in [-0.25, -0.2) is 0 Å². The number of rotatable bonds is 6. The molecular formula is C15H29NO. The first-order chi connectivity index (χ1) is 8.35. The van der Waals surface area contributed by atoms with Crippen molar-refractivity contribution in [1.29, 1.82) is 0 Å². The van der Waals surface area contributed by atoms with Crippen molar-refractivity contribution in [3.63, 3.8) is 0 Å². The number of ether oxygens (including phenoxy) is 1. The van der Waals surface area contributed by atoms with Crippen LogP contribution in [0, 0.1) is 5.41 Å². The molecule has 0 bridgehead atoms. The molecule has 1 saturated carbocycles. The van der Waals surface area contributed by atoms with Crippen LogP contribution in [0.25, 0.3) is 0 Å². The van der Waals surface area contributed by atoms with E-state index in [1.54, 1.807) is 0 Å². The van der Waals surface area contributed by atoms with Gasteiger partial charge in [-0.2, -0.15) is 0 Å². The van der Waals surface area contributed by atoms with E-state index in [0.29, 0.717) is 11.5 Å². The van der Waals surface area contributed by atoms with E-state index in [4.69, 9.17) is 4.74 Å². The van der Waals surface area contributed by atoms with E-state index in [9.17, 15) is 0 Å². The van der Waals surface area contributed by atoms with Crippen LogP contribution in [0.1, 0.15) is 64.7 Å². The van der Waals surface area contributed by atoms with E-state index in [0.717, 1.165) is 6.61 Å². The molecule has 17 heavy (non-hydrogen) atoms. The molecule has 1 unspecified atom stereocenters. The molecule has 1 saturated heterocycles. The van der Waals surface area contributed by atoms with Gasteiger partial charge >= 0.3 is 0 Å². The van der Waals surface area contributed by atoms with Crippen molar-refractivity contribution < 1.29 is 4.74 Å². The van der Waals surface area contributed by atoms with Crippen molar-refractivity contribution in [2.45, 2.75) is 70.8 Å². The molecule has 1 atom stereocenters. The maximum atomic E-state index is 5.86. The van der Waals surface area contributed by atoms with Crippen LogP contribution in [0.15, 0.2) is 0 Å². The topological polar surface area (TPSA) is 21.3 Å². The SMILES string of the molecule is CCCNCC1(CC2CCCO2)CCCCC1. The Morgan fingerprint density at radius 2 is 2.00 bits per heavy atom. The molecule has 0 amide bonds. The summed E-state index contributed by atoms with van der Waals surface area (Å²) in [6, 6.07) is 0. The van der Waals surface area contributed by atoms with E-state index in [-0.39, 0.29) is 0 Å². The van der Waals surface area contributed by atoms with Crippen LogP contribution in [0.5, 0.6) is 0 Å². The third kappa shape index (κ3) is 3.96. The van der Waals surface area contributed by atoms with Crippen LogP contribution in [0.3, 0.4) is 0 Å². The third-order valence-corrected chi connectivity index (χ3v) is 4.53. The minimum atomic E-state index is 0.558. The Balaban J connectivity index is 1.85. The first-order valence-electron chi connectivity index (χ1n) is 7.67. The molecular weight excluding hydrogens is 210 g/mol. The van der Waals surface area contributed by atoms with Gasteiger partial charge in [0, 0.05) is 13.2 Å². The predicted octanol–water partition coefficient (Wildman–Crippen LogP) is 3.51. The standard InChI is InChI=1S/C15H29NO/c1-2-10-16-13-15(8-4-3-5-9-15)12-14-7-6-11-17-14/h14,16H,2-13H2,1H3. The molecule has 2 nitrogen and oxygen atoms in total. The lowest BCUT2D eigenvalue weighted by Crippen LogP contribution is -2.39. The Kier molecular flexibility index (Phi) is 5.30. The van der Waals surface area contributed by atoms with Crippen LogP contribution >= 0.6 is 0 Å². The summed E-state index contributed by atoms with van der Waals surface area (Å²) >= 11 is 0. The third-order valence-electron chi connectivity index (χ3n) is 4.53. The molecule has 0 aromatic heterocycles. The highest BCUT2D eigenvalue weighted by Gasteiger charge is 2.35. The lowest BCUT2D eigenvalue weighted by molar-refractivity contribution is 0.0430. The summed E-state index contributed by atoms with van der Waals surface area (Å²) in [7, 11) is 0. The molecule has 0 spiro atoms. The summed E-state index contributed by atoms with van der Waals surface area (Å²) in [5.41, 5.74) is 0.558. The fraction of sp³-hybridized carbons (Fsp3) is 1.00. The second-order valence-corrected chi connectivity index (χ2v) is 6.08. The highest BCUT2D eigenvalue weighted by atomic mass is 16.5. The van der Waals surface area contributed by atoms with Gasteiger partial charge in [0.05, 0.1) is 6.10 Å². The number of hydrogen-bond acceptors (Lipinski definition) is 2. The summed E-state index contributed by atoms with van der Waals surface area (Å²) in [6.07, 6.45) is 12.9. The van der Waals surface area contributed by atoms with Gasteiger partial charge in [0.25, 0.3) is 0 Å². The number of nitrogens with one attached hydrogen (secondary N) is 1. The van der Waals surface area contributed by atoms with E-state index >= 15 is 0 Å². The normalized spacial score (nSPS) is 28.4. The molecule has 1 aliphatic heterocycles. The molecule has 1 heterocycles. The Morgan fingerprint density at radius 1 is 1.18 bits per heavy atom. The first kappa shape index (κ1) is 13.4. The number of hydrogen-bond donors (Lipinski definition) is 1. The zero-order chi connectivity index (χ0) is 12.0. The van der Waals surface area contributed by atoms with Crippen molar-refractivity contribution in [2.24, 2.45) is 5.41 Å². The minimum absolute atomic E-state index is 0.558. The average Bonchev–Trinajstić information content (AvgIpc) is 2.83. The first-order valence-corrected chi connectivity index (χ1v) is 7.67. The zero-order valence-corrected chi connectivity index (χ0v) is 11.5. The van der Waals surface area contributed by atoms with Crippen molar-refractivity contribution in [3.8, 4) is 0 Å². The van der Waals surface area contributed by atoms with E-state index in [2.05, 4.69) is 12.2 Å².